The van der Waals surface area contributed by atoms with Crippen LogP contribution in [0.15, 0.2) is 35.5 Å². The molecule has 0 aliphatic carbocycles. The molecule has 26 heavy (non-hydrogen) atoms. The fraction of sp³-hybridized carbons (Fsp3) is 0.500. The van der Waals surface area contributed by atoms with E-state index in [-0.39, 0.29) is 0 Å². The first-order valence-corrected chi connectivity index (χ1v) is 10.1. The van der Waals surface area contributed by atoms with E-state index in [2.05, 4.69) is 60.4 Å². The zero-order valence-electron chi connectivity index (χ0n) is 16.2. The third-order valence-corrected chi connectivity index (χ3v) is 4.77. The molecule has 0 bridgehead atoms. The lowest BCUT2D eigenvalue weighted by Crippen LogP contribution is -2.39. The van der Waals surface area contributed by atoms with Gasteiger partial charge in [-0.3, -0.25) is 4.99 Å². The van der Waals surface area contributed by atoms with Gasteiger partial charge in [-0.15, -0.1) is 11.3 Å². The molecule has 0 saturated heterocycles. The SMILES string of the molecule is CCNC(=NCCc1ncc(C)s1)NCCOc1ccccc1C(C)C. The Morgan fingerprint density at radius 1 is 1.27 bits per heavy atom. The average molecular weight is 375 g/mol. The topological polar surface area (TPSA) is 58.5 Å². The molecule has 6 heteroatoms. The predicted octanol–water partition coefficient (Wildman–Crippen LogP) is 3.75. The highest BCUT2D eigenvalue weighted by Gasteiger charge is 2.06. The van der Waals surface area contributed by atoms with Gasteiger partial charge in [0.05, 0.1) is 11.6 Å². The van der Waals surface area contributed by atoms with Gasteiger partial charge in [0.1, 0.15) is 12.4 Å². The summed E-state index contributed by atoms with van der Waals surface area (Å²) < 4.78 is 5.95. The summed E-state index contributed by atoms with van der Waals surface area (Å²) in [5.41, 5.74) is 1.24. The molecule has 0 unspecified atom stereocenters. The van der Waals surface area contributed by atoms with E-state index in [0.717, 1.165) is 36.2 Å². The van der Waals surface area contributed by atoms with Crippen LogP contribution in [0.3, 0.4) is 0 Å². The molecule has 2 N–H and O–H groups in total. The van der Waals surface area contributed by atoms with Gasteiger partial charge in [-0.2, -0.15) is 0 Å². The van der Waals surface area contributed by atoms with Crippen LogP contribution in [0.25, 0.3) is 0 Å². The van der Waals surface area contributed by atoms with Crippen molar-refractivity contribution in [2.45, 2.75) is 40.0 Å². The maximum Gasteiger partial charge on any atom is 0.191 e. The third-order valence-electron chi connectivity index (χ3n) is 3.80. The Morgan fingerprint density at radius 3 is 2.77 bits per heavy atom. The van der Waals surface area contributed by atoms with Crippen LogP contribution < -0.4 is 15.4 Å². The van der Waals surface area contributed by atoms with Gasteiger partial charge in [-0.05, 0) is 31.4 Å². The fourth-order valence-electron chi connectivity index (χ4n) is 2.54. The first-order valence-electron chi connectivity index (χ1n) is 9.25. The highest BCUT2D eigenvalue weighted by molar-refractivity contribution is 7.11. The number of benzene rings is 1. The first-order chi connectivity index (χ1) is 12.6. The lowest BCUT2D eigenvalue weighted by molar-refractivity contribution is 0.317. The molecule has 2 aromatic rings. The standard InChI is InChI=1S/C20H30N4OS/c1-5-21-20(22-11-10-19-24-14-16(4)26-19)23-12-13-25-18-9-7-6-8-17(18)15(2)3/h6-9,14-15H,5,10-13H2,1-4H3,(H2,21,22,23). The van der Waals surface area contributed by atoms with Crippen molar-refractivity contribution in [3.8, 4) is 5.75 Å². The van der Waals surface area contributed by atoms with Crippen molar-refractivity contribution in [2.24, 2.45) is 4.99 Å². The Labute approximate surface area is 160 Å². The second-order valence-corrected chi connectivity index (χ2v) is 7.66. The highest BCUT2D eigenvalue weighted by Crippen LogP contribution is 2.25. The molecular formula is C20H30N4OS. The molecule has 0 fully saturated rings. The maximum absolute atomic E-state index is 5.95. The molecular weight excluding hydrogens is 344 g/mol. The summed E-state index contributed by atoms with van der Waals surface area (Å²) in [6.07, 6.45) is 2.78. The number of hydrogen-bond acceptors (Lipinski definition) is 4. The zero-order valence-corrected chi connectivity index (χ0v) is 17.0. The van der Waals surface area contributed by atoms with Crippen LogP contribution in [0.4, 0.5) is 0 Å². The van der Waals surface area contributed by atoms with E-state index in [9.17, 15) is 0 Å². The van der Waals surface area contributed by atoms with Crippen molar-refractivity contribution in [3.63, 3.8) is 0 Å². The van der Waals surface area contributed by atoms with Crippen LogP contribution in [0.1, 0.15) is 42.1 Å². The van der Waals surface area contributed by atoms with Crippen molar-refractivity contribution in [3.05, 3.63) is 45.9 Å². The first kappa shape index (κ1) is 20.2. The number of hydrogen-bond donors (Lipinski definition) is 2. The van der Waals surface area contributed by atoms with Crippen LogP contribution in [-0.2, 0) is 6.42 Å². The summed E-state index contributed by atoms with van der Waals surface area (Å²) in [5.74, 6) is 2.24. The van der Waals surface area contributed by atoms with Crippen molar-refractivity contribution in [1.29, 1.82) is 0 Å². The van der Waals surface area contributed by atoms with Gasteiger partial charge in [0, 0.05) is 30.6 Å². The van der Waals surface area contributed by atoms with E-state index in [0.29, 0.717) is 19.1 Å². The largest absolute Gasteiger partial charge is 0.491 e. The molecule has 1 aromatic heterocycles. The molecule has 142 valence electrons. The van der Waals surface area contributed by atoms with Gasteiger partial charge in [0.25, 0.3) is 0 Å². The molecule has 1 heterocycles. The zero-order chi connectivity index (χ0) is 18.8. The molecule has 0 aliphatic rings. The highest BCUT2D eigenvalue weighted by atomic mass is 32.1. The number of nitrogens with zero attached hydrogens (tertiary/aromatic N) is 2. The number of aromatic nitrogens is 1. The molecule has 2 rings (SSSR count). The van der Waals surface area contributed by atoms with Gasteiger partial charge in [0.15, 0.2) is 5.96 Å². The van der Waals surface area contributed by atoms with Gasteiger partial charge < -0.3 is 15.4 Å². The molecule has 1 aromatic carbocycles. The van der Waals surface area contributed by atoms with E-state index < -0.39 is 0 Å². The number of rotatable bonds is 9. The Balaban J connectivity index is 1.78. The van der Waals surface area contributed by atoms with E-state index >= 15 is 0 Å². The van der Waals surface area contributed by atoms with Gasteiger partial charge in [-0.25, -0.2) is 4.98 Å². The predicted molar refractivity (Wildman–Crippen MR) is 111 cm³/mol. The van der Waals surface area contributed by atoms with E-state index in [1.165, 1.54) is 10.4 Å². The molecule has 0 saturated carbocycles. The minimum atomic E-state index is 0.451. The minimum Gasteiger partial charge on any atom is -0.491 e. The normalized spacial score (nSPS) is 11.7. The molecule has 0 amide bonds. The Kier molecular flexibility index (Phi) is 8.41. The lowest BCUT2D eigenvalue weighted by atomic mass is 10.0. The van der Waals surface area contributed by atoms with Crippen molar-refractivity contribution < 1.29 is 4.74 Å². The monoisotopic (exact) mass is 374 g/mol. The van der Waals surface area contributed by atoms with E-state index in [1.807, 2.05) is 18.3 Å². The molecule has 0 atom stereocenters. The summed E-state index contributed by atoms with van der Waals surface area (Å²) >= 11 is 1.73. The van der Waals surface area contributed by atoms with Gasteiger partial charge >= 0.3 is 0 Å². The van der Waals surface area contributed by atoms with Crippen LogP contribution in [-0.4, -0.2) is 37.2 Å². The molecule has 5 nitrogen and oxygen atoms in total. The third kappa shape index (κ3) is 6.67. The second kappa shape index (κ2) is 10.8. The Bertz CT molecular complexity index is 697. The van der Waals surface area contributed by atoms with Crippen molar-refractivity contribution in [2.75, 3.05) is 26.2 Å². The summed E-state index contributed by atoms with van der Waals surface area (Å²) in [4.78, 5) is 10.2. The summed E-state index contributed by atoms with van der Waals surface area (Å²) in [7, 11) is 0. The van der Waals surface area contributed by atoms with Gasteiger partial charge in [-0.1, -0.05) is 32.0 Å². The Hall–Kier alpha value is -2.08. The summed E-state index contributed by atoms with van der Waals surface area (Å²) in [5, 5.41) is 7.73. The van der Waals surface area contributed by atoms with Crippen LogP contribution in [0.2, 0.25) is 0 Å². The molecule has 0 radical (unpaired) electrons. The van der Waals surface area contributed by atoms with Gasteiger partial charge in [0.2, 0.25) is 0 Å². The van der Waals surface area contributed by atoms with Crippen LogP contribution >= 0.6 is 11.3 Å². The quantitative estimate of drug-likeness (QED) is 0.399. The molecule has 0 aliphatic heterocycles. The maximum atomic E-state index is 5.95. The van der Waals surface area contributed by atoms with E-state index in [1.54, 1.807) is 11.3 Å². The molecule has 0 spiro atoms. The lowest BCUT2D eigenvalue weighted by Gasteiger charge is -2.15. The number of nitrogens with one attached hydrogen (secondary N) is 2. The van der Waals surface area contributed by atoms with E-state index in [4.69, 9.17) is 4.74 Å². The Morgan fingerprint density at radius 2 is 2.08 bits per heavy atom. The van der Waals surface area contributed by atoms with Crippen molar-refractivity contribution in [1.82, 2.24) is 15.6 Å². The summed E-state index contributed by atoms with van der Waals surface area (Å²) in [6, 6.07) is 8.23. The van der Waals surface area contributed by atoms with Crippen LogP contribution in [0.5, 0.6) is 5.75 Å². The number of thiazole rings is 1. The average Bonchev–Trinajstić information content (AvgIpc) is 3.04. The smallest absolute Gasteiger partial charge is 0.191 e. The number of ether oxygens (including phenoxy) is 1. The summed E-state index contributed by atoms with van der Waals surface area (Å²) in [6.45, 7) is 11.4. The second-order valence-electron chi connectivity index (χ2n) is 6.34. The minimum absolute atomic E-state index is 0.451. The number of aliphatic imine (C=N–C) groups is 1. The van der Waals surface area contributed by atoms with Crippen molar-refractivity contribution >= 4 is 17.3 Å². The van der Waals surface area contributed by atoms with Crippen LogP contribution in [0, 0.1) is 6.92 Å². The number of para-hydroxylation sites is 1. The number of guanidine groups is 1. The number of aryl methyl sites for hydroxylation is 1. The fourth-order valence-corrected chi connectivity index (χ4v) is 3.32.